The Morgan fingerprint density at radius 2 is 2.00 bits per heavy atom. The molecule has 0 radical (unpaired) electrons. The van der Waals surface area contributed by atoms with Gasteiger partial charge in [0.25, 0.3) is 0 Å². The lowest BCUT2D eigenvalue weighted by Gasteiger charge is -2.20. The zero-order valence-corrected chi connectivity index (χ0v) is 9.80. The van der Waals surface area contributed by atoms with Gasteiger partial charge in [0, 0.05) is 5.57 Å². The summed E-state index contributed by atoms with van der Waals surface area (Å²) in [5, 5.41) is 0. The normalized spacial score (nSPS) is 14.6. The van der Waals surface area contributed by atoms with Gasteiger partial charge in [-0.05, 0) is 26.2 Å². The van der Waals surface area contributed by atoms with Crippen LogP contribution in [0.4, 0.5) is 0 Å². The summed E-state index contributed by atoms with van der Waals surface area (Å²) in [6.45, 7) is 11.5. The van der Waals surface area contributed by atoms with E-state index >= 15 is 0 Å². The van der Waals surface area contributed by atoms with Crippen molar-refractivity contribution in [2.45, 2.75) is 53.1 Å². The van der Waals surface area contributed by atoms with Crippen LogP contribution in [0.2, 0.25) is 0 Å². The Kier molecular flexibility index (Phi) is 6.26. The van der Waals surface area contributed by atoms with E-state index in [2.05, 4.69) is 20.4 Å². The SMILES string of the molecule is C=C(C)C(=O)OC(C)C(C)CCCC. The van der Waals surface area contributed by atoms with Crippen LogP contribution in [0.1, 0.15) is 47.0 Å². The van der Waals surface area contributed by atoms with Crippen LogP contribution in [-0.4, -0.2) is 12.1 Å². The third-order valence-electron chi connectivity index (χ3n) is 2.46. The lowest BCUT2D eigenvalue weighted by molar-refractivity contribution is -0.145. The lowest BCUT2D eigenvalue weighted by atomic mass is 9.99. The summed E-state index contributed by atoms with van der Waals surface area (Å²) in [5.74, 6) is 0.152. The Balaban J connectivity index is 3.88. The van der Waals surface area contributed by atoms with Gasteiger partial charge in [0.15, 0.2) is 0 Å². The maximum Gasteiger partial charge on any atom is 0.333 e. The maximum atomic E-state index is 11.2. The Bertz CT molecular complexity index is 196. The Labute approximate surface area is 87.3 Å². The van der Waals surface area contributed by atoms with Gasteiger partial charge in [0.2, 0.25) is 0 Å². The minimum Gasteiger partial charge on any atom is -0.459 e. The van der Waals surface area contributed by atoms with Gasteiger partial charge in [-0.3, -0.25) is 0 Å². The number of carbonyl (C=O) groups excluding carboxylic acids is 1. The van der Waals surface area contributed by atoms with Crippen molar-refractivity contribution in [3.63, 3.8) is 0 Å². The van der Waals surface area contributed by atoms with Gasteiger partial charge in [-0.1, -0.05) is 33.3 Å². The predicted octanol–water partition coefficient (Wildman–Crippen LogP) is 3.32. The van der Waals surface area contributed by atoms with Crippen LogP contribution in [-0.2, 0) is 9.53 Å². The predicted molar refractivity (Wildman–Crippen MR) is 59.1 cm³/mol. The molecule has 0 heterocycles. The fourth-order valence-corrected chi connectivity index (χ4v) is 1.15. The lowest BCUT2D eigenvalue weighted by Crippen LogP contribution is -2.22. The van der Waals surface area contributed by atoms with E-state index in [1.807, 2.05) is 6.92 Å². The van der Waals surface area contributed by atoms with E-state index in [1.54, 1.807) is 6.92 Å². The molecular weight excluding hydrogens is 176 g/mol. The van der Waals surface area contributed by atoms with Gasteiger partial charge in [0.05, 0.1) is 0 Å². The first kappa shape index (κ1) is 13.2. The molecule has 0 aliphatic rings. The Hall–Kier alpha value is -0.790. The number of ether oxygens (including phenoxy) is 1. The largest absolute Gasteiger partial charge is 0.459 e. The van der Waals surface area contributed by atoms with E-state index in [4.69, 9.17) is 4.74 Å². The summed E-state index contributed by atoms with van der Waals surface area (Å²) in [7, 11) is 0. The van der Waals surface area contributed by atoms with E-state index in [0.717, 1.165) is 6.42 Å². The third kappa shape index (κ3) is 5.05. The number of carbonyl (C=O) groups is 1. The summed E-state index contributed by atoms with van der Waals surface area (Å²) in [4.78, 5) is 11.2. The van der Waals surface area contributed by atoms with Crippen molar-refractivity contribution in [3.8, 4) is 0 Å². The van der Waals surface area contributed by atoms with Crippen molar-refractivity contribution in [2.75, 3.05) is 0 Å². The standard InChI is InChI=1S/C12H22O2/c1-6-7-8-10(4)11(5)14-12(13)9(2)3/h10-11H,2,6-8H2,1,3-5H3. The van der Waals surface area contributed by atoms with Crippen LogP contribution in [0.5, 0.6) is 0 Å². The highest BCUT2D eigenvalue weighted by molar-refractivity contribution is 5.87. The maximum absolute atomic E-state index is 11.2. The molecule has 2 nitrogen and oxygen atoms in total. The number of hydrogen-bond acceptors (Lipinski definition) is 2. The molecule has 82 valence electrons. The molecule has 2 atom stereocenters. The first-order valence-corrected chi connectivity index (χ1v) is 5.35. The van der Waals surface area contributed by atoms with Gasteiger partial charge >= 0.3 is 5.97 Å². The molecule has 0 aliphatic heterocycles. The monoisotopic (exact) mass is 198 g/mol. The highest BCUT2D eigenvalue weighted by atomic mass is 16.5. The molecule has 0 saturated heterocycles. The molecule has 0 fully saturated rings. The van der Waals surface area contributed by atoms with Crippen LogP contribution in [0, 0.1) is 5.92 Å². The van der Waals surface area contributed by atoms with Crippen LogP contribution < -0.4 is 0 Å². The topological polar surface area (TPSA) is 26.3 Å². The molecule has 0 amide bonds. The van der Waals surface area contributed by atoms with E-state index in [1.165, 1.54) is 12.8 Å². The van der Waals surface area contributed by atoms with E-state index in [-0.39, 0.29) is 12.1 Å². The molecule has 0 rings (SSSR count). The Morgan fingerprint density at radius 1 is 1.43 bits per heavy atom. The van der Waals surface area contributed by atoms with Crippen molar-refractivity contribution < 1.29 is 9.53 Å². The van der Waals surface area contributed by atoms with Crippen molar-refractivity contribution in [1.82, 2.24) is 0 Å². The second-order valence-corrected chi connectivity index (χ2v) is 4.01. The number of rotatable bonds is 6. The first-order valence-electron chi connectivity index (χ1n) is 5.35. The van der Waals surface area contributed by atoms with E-state index in [0.29, 0.717) is 11.5 Å². The van der Waals surface area contributed by atoms with E-state index in [9.17, 15) is 4.79 Å². The highest BCUT2D eigenvalue weighted by Gasteiger charge is 2.16. The summed E-state index contributed by atoms with van der Waals surface area (Å²) in [5.41, 5.74) is 0.472. The third-order valence-corrected chi connectivity index (χ3v) is 2.46. The van der Waals surface area contributed by atoms with Gasteiger partial charge in [-0.25, -0.2) is 4.79 Å². The molecule has 0 aromatic carbocycles. The molecule has 2 unspecified atom stereocenters. The highest BCUT2D eigenvalue weighted by Crippen LogP contribution is 2.15. The number of hydrogen-bond donors (Lipinski definition) is 0. The molecule has 0 aromatic heterocycles. The summed E-state index contributed by atoms with van der Waals surface area (Å²) in [6.07, 6.45) is 3.48. The molecule has 0 aromatic rings. The zero-order valence-electron chi connectivity index (χ0n) is 9.80. The second kappa shape index (κ2) is 6.63. The van der Waals surface area contributed by atoms with E-state index < -0.39 is 0 Å². The zero-order chi connectivity index (χ0) is 11.1. The number of unbranched alkanes of at least 4 members (excludes halogenated alkanes) is 1. The molecule has 0 spiro atoms. The van der Waals surface area contributed by atoms with Crippen LogP contribution in [0.15, 0.2) is 12.2 Å². The summed E-state index contributed by atoms with van der Waals surface area (Å²) < 4.78 is 5.23. The molecule has 0 N–H and O–H groups in total. The number of esters is 1. The van der Waals surface area contributed by atoms with Gasteiger partial charge in [-0.2, -0.15) is 0 Å². The smallest absolute Gasteiger partial charge is 0.333 e. The van der Waals surface area contributed by atoms with Gasteiger partial charge in [-0.15, -0.1) is 0 Å². The molecule has 0 bridgehead atoms. The van der Waals surface area contributed by atoms with Crippen LogP contribution in [0.25, 0.3) is 0 Å². The molecule has 0 aliphatic carbocycles. The molecule has 0 saturated carbocycles. The average Bonchev–Trinajstić information content (AvgIpc) is 2.13. The Morgan fingerprint density at radius 3 is 2.43 bits per heavy atom. The van der Waals surface area contributed by atoms with Crippen molar-refractivity contribution in [1.29, 1.82) is 0 Å². The fourth-order valence-electron chi connectivity index (χ4n) is 1.15. The summed E-state index contributed by atoms with van der Waals surface area (Å²) in [6, 6.07) is 0. The van der Waals surface area contributed by atoms with Crippen molar-refractivity contribution in [2.24, 2.45) is 5.92 Å². The minimum absolute atomic E-state index is 0.00856. The van der Waals surface area contributed by atoms with Crippen LogP contribution >= 0.6 is 0 Å². The minimum atomic E-state index is -0.277. The van der Waals surface area contributed by atoms with Crippen molar-refractivity contribution >= 4 is 5.97 Å². The average molecular weight is 198 g/mol. The quantitative estimate of drug-likeness (QED) is 0.483. The molecule has 2 heteroatoms. The van der Waals surface area contributed by atoms with Gasteiger partial charge < -0.3 is 4.74 Å². The molecular formula is C12H22O2. The molecule has 14 heavy (non-hydrogen) atoms. The van der Waals surface area contributed by atoms with Gasteiger partial charge in [0.1, 0.15) is 6.10 Å². The summed E-state index contributed by atoms with van der Waals surface area (Å²) >= 11 is 0. The fraction of sp³-hybridized carbons (Fsp3) is 0.750. The first-order chi connectivity index (χ1) is 6.49. The van der Waals surface area contributed by atoms with Crippen molar-refractivity contribution in [3.05, 3.63) is 12.2 Å². The van der Waals surface area contributed by atoms with Crippen LogP contribution in [0.3, 0.4) is 0 Å². The second-order valence-electron chi connectivity index (χ2n) is 4.01.